The van der Waals surface area contributed by atoms with Gasteiger partial charge in [0.1, 0.15) is 5.56 Å². The monoisotopic (exact) mass is 415 g/mol. The quantitative estimate of drug-likeness (QED) is 0.381. The molecule has 156 valence electrons. The summed E-state index contributed by atoms with van der Waals surface area (Å²) in [5.74, 6) is -12.6. The minimum atomic E-state index is -2.34. The second-order valence-corrected chi connectivity index (χ2v) is 6.40. The summed E-state index contributed by atoms with van der Waals surface area (Å²) in [4.78, 5) is 23.5. The molecule has 5 nitrogen and oxygen atoms in total. The van der Waals surface area contributed by atoms with Gasteiger partial charge in [0.15, 0.2) is 23.3 Å². The van der Waals surface area contributed by atoms with E-state index in [2.05, 4.69) is 16.0 Å². The molecule has 0 unspecified atom stereocenters. The van der Waals surface area contributed by atoms with Crippen LogP contribution in [0.4, 0.5) is 32.4 Å². The van der Waals surface area contributed by atoms with Crippen molar-refractivity contribution in [2.75, 3.05) is 11.9 Å². The zero-order chi connectivity index (χ0) is 21.7. The highest BCUT2D eigenvalue weighted by Crippen LogP contribution is 2.24. The predicted molar refractivity (Wildman–Crippen MR) is 96.0 cm³/mol. The van der Waals surface area contributed by atoms with Gasteiger partial charge in [0.05, 0.1) is 0 Å². The van der Waals surface area contributed by atoms with Crippen molar-refractivity contribution < 1.29 is 31.5 Å². The van der Waals surface area contributed by atoms with Gasteiger partial charge in [-0.25, -0.2) is 26.7 Å². The van der Waals surface area contributed by atoms with Gasteiger partial charge in [-0.2, -0.15) is 0 Å². The Kier molecular flexibility index (Phi) is 7.13. The third-order valence-corrected chi connectivity index (χ3v) is 3.77. The van der Waals surface area contributed by atoms with Gasteiger partial charge in [-0.1, -0.05) is 12.1 Å². The smallest absolute Gasteiger partial charge is 0.314 e. The maximum atomic E-state index is 13.7. The first-order chi connectivity index (χ1) is 13.6. The molecule has 0 aliphatic rings. The van der Waals surface area contributed by atoms with Crippen LogP contribution < -0.4 is 16.0 Å². The number of nitrogens with one attached hydrogen (secondary N) is 3. The Balaban J connectivity index is 2.02. The molecule has 0 spiro atoms. The molecule has 0 aromatic heterocycles. The van der Waals surface area contributed by atoms with Gasteiger partial charge < -0.3 is 16.0 Å². The van der Waals surface area contributed by atoms with E-state index in [1.165, 1.54) is 12.1 Å². The van der Waals surface area contributed by atoms with Crippen LogP contribution in [0.25, 0.3) is 0 Å². The third-order valence-electron chi connectivity index (χ3n) is 3.77. The lowest BCUT2D eigenvalue weighted by molar-refractivity contribution is 0.101. The van der Waals surface area contributed by atoms with Crippen molar-refractivity contribution in [3.05, 3.63) is 64.5 Å². The zero-order valence-electron chi connectivity index (χ0n) is 15.5. The Bertz CT molecular complexity index is 888. The molecule has 0 atom stereocenters. The van der Waals surface area contributed by atoms with Gasteiger partial charge in [-0.15, -0.1) is 0 Å². The Morgan fingerprint density at radius 2 is 1.38 bits per heavy atom. The maximum Gasteiger partial charge on any atom is 0.314 e. The molecule has 3 amide bonds. The van der Waals surface area contributed by atoms with Crippen LogP contribution in [0.1, 0.15) is 29.8 Å². The SMILES string of the molecule is CC(C)NC(=O)NCCc1ccc(NC(=O)c2c(F)c(F)c(F)c(F)c2F)cc1. The van der Waals surface area contributed by atoms with Crippen LogP contribution in [0, 0.1) is 29.1 Å². The summed E-state index contributed by atoms with van der Waals surface area (Å²) in [5, 5.41) is 7.40. The lowest BCUT2D eigenvalue weighted by Crippen LogP contribution is -2.40. The highest BCUT2D eigenvalue weighted by atomic mass is 19.2. The number of rotatable bonds is 6. The fraction of sp³-hybridized carbons (Fsp3) is 0.263. The van der Waals surface area contributed by atoms with Crippen molar-refractivity contribution in [1.29, 1.82) is 0 Å². The first kappa shape index (κ1) is 22.1. The van der Waals surface area contributed by atoms with Crippen molar-refractivity contribution in [3.8, 4) is 0 Å². The largest absolute Gasteiger partial charge is 0.338 e. The fourth-order valence-corrected chi connectivity index (χ4v) is 2.39. The number of carbonyl (C=O) groups excluding carboxylic acids is 2. The maximum absolute atomic E-state index is 13.7. The molecule has 2 rings (SSSR count). The van der Waals surface area contributed by atoms with E-state index in [9.17, 15) is 31.5 Å². The van der Waals surface area contributed by atoms with E-state index in [1.807, 2.05) is 13.8 Å². The summed E-state index contributed by atoms with van der Waals surface area (Å²) in [6.45, 7) is 3.98. The minimum absolute atomic E-state index is 0.00405. The van der Waals surface area contributed by atoms with Crippen molar-refractivity contribution in [1.82, 2.24) is 10.6 Å². The molecule has 0 aliphatic carbocycles. The molecule has 2 aromatic rings. The Labute approximate surface area is 163 Å². The highest BCUT2D eigenvalue weighted by molar-refractivity contribution is 6.04. The van der Waals surface area contributed by atoms with Crippen LogP contribution >= 0.6 is 0 Å². The lowest BCUT2D eigenvalue weighted by atomic mass is 10.1. The molecule has 0 saturated carbocycles. The topological polar surface area (TPSA) is 70.2 Å². The second kappa shape index (κ2) is 9.35. The molecular weight excluding hydrogens is 397 g/mol. The van der Waals surface area contributed by atoms with Crippen molar-refractivity contribution in [2.24, 2.45) is 0 Å². The van der Waals surface area contributed by atoms with E-state index in [0.29, 0.717) is 13.0 Å². The molecule has 29 heavy (non-hydrogen) atoms. The molecule has 10 heteroatoms. The lowest BCUT2D eigenvalue weighted by Gasteiger charge is -2.11. The zero-order valence-corrected chi connectivity index (χ0v) is 15.5. The highest BCUT2D eigenvalue weighted by Gasteiger charge is 2.29. The first-order valence-corrected chi connectivity index (χ1v) is 8.58. The van der Waals surface area contributed by atoms with Crippen LogP contribution in [0.15, 0.2) is 24.3 Å². The van der Waals surface area contributed by atoms with E-state index >= 15 is 0 Å². The Morgan fingerprint density at radius 1 is 0.862 bits per heavy atom. The van der Waals surface area contributed by atoms with Crippen LogP contribution in [0.2, 0.25) is 0 Å². The average molecular weight is 415 g/mol. The van der Waals surface area contributed by atoms with Gasteiger partial charge in [-0.3, -0.25) is 4.79 Å². The Hall–Kier alpha value is -3.17. The van der Waals surface area contributed by atoms with E-state index in [-0.39, 0.29) is 17.8 Å². The summed E-state index contributed by atoms with van der Waals surface area (Å²) in [5.41, 5.74) is -0.692. The molecule has 3 N–H and O–H groups in total. The number of amides is 3. The van der Waals surface area contributed by atoms with Gasteiger partial charge >= 0.3 is 6.03 Å². The summed E-state index contributed by atoms with van der Waals surface area (Å²) in [6, 6.07) is 5.63. The van der Waals surface area contributed by atoms with E-state index in [4.69, 9.17) is 0 Å². The van der Waals surface area contributed by atoms with Gasteiger partial charge in [0.25, 0.3) is 5.91 Å². The van der Waals surface area contributed by atoms with Crippen LogP contribution in [0.3, 0.4) is 0 Å². The summed E-state index contributed by atoms with van der Waals surface area (Å²) >= 11 is 0. The standard InChI is InChI=1S/C19H18F5N3O2/c1-9(2)26-19(29)25-8-7-10-3-5-11(6-4-10)27-18(28)12-13(20)15(22)17(24)16(23)14(12)21/h3-6,9H,7-8H2,1-2H3,(H,27,28)(H2,25,26,29). The predicted octanol–water partition coefficient (Wildman–Crippen LogP) is 3.88. The van der Waals surface area contributed by atoms with E-state index in [0.717, 1.165) is 5.56 Å². The van der Waals surface area contributed by atoms with Crippen LogP contribution in [0.5, 0.6) is 0 Å². The molecule has 0 bridgehead atoms. The number of hydrogen-bond acceptors (Lipinski definition) is 2. The van der Waals surface area contributed by atoms with E-state index in [1.54, 1.807) is 12.1 Å². The summed E-state index contributed by atoms with van der Waals surface area (Å²) < 4.78 is 66.9. The second-order valence-electron chi connectivity index (χ2n) is 6.40. The molecule has 0 aliphatic heterocycles. The summed E-state index contributed by atoms with van der Waals surface area (Å²) in [6.07, 6.45) is 0.470. The molecule has 0 fully saturated rings. The third kappa shape index (κ3) is 5.43. The van der Waals surface area contributed by atoms with Crippen molar-refractivity contribution in [3.63, 3.8) is 0 Å². The number of carbonyl (C=O) groups is 2. The molecule has 2 aromatic carbocycles. The molecular formula is C19H18F5N3O2. The normalized spacial score (nSPS) is 10.8. The summed E-state index contributed by atoms with van der Waals surface area (Å²) in [7, 11) is 0. The first-order valence-electron chi connectivity index (χ1n) is 8.58. The number of hydrogen-bond donors (Lipinski definition) is 3. The van der Waals surface area contributed by atoms with Gasteiger partial charge in [-0.05, 0) is 38.0 Å². The fourth-order valence-electron chi connectivity index (χ4n) is 2.39. The van der Waals surface area contributed by atoms with Gasteiger partial charge in [0.2, 0.25) is 5.82 Å². The van der Waals surface area contributed by atoms with Crippen LogP contribution in [-0.4, -0.2) is 24.5 Å². The molecule has 0 saturated heterocycles. The van der Waals surface area contributed by atoms with E-state index < -0.39 is 40.6 Å². The number of halogens is 5. The number of anilines is 1. The average Bonchev–Trinajstić information content (AvgIpc) is 2.66. The molecule has 0 heterocycles. The van der Waals surface area contributed by atoms with Gasteiger partial charge in [0, 0.05) is 18.3 Å². The molecule has 0 radical (unpaired) electrons. The van der Waals surface area contributed by atoms with Crippen LogP contribution in [-0.2, 0) is 6.42 Å². The number of benzene rings is 2. The van der Waals surface area contributed by atoms with Crippen molar-refractivity contribution in [2.45, 2.75) is 26.3 Å². The number of urea groups is 1. The Morgan fingerprint density at radius 3 is 1.90 bits per heavy atom. The minimum Gasteiger partial charge on any atom is -0.338 e. The van der Waals surface area contributed by atoms with Crippen molar-refractivity contribution >= 4 is 17.6 Å².